The van der Waals surface area contributed by atoms with Crippen LogP contribution in [0.2, 0.25) is 0 Å². The monoisotopic (exact) mass is 268 g/mol. The van der Waals surface area contributed by atoms with Gasteiger partial charge >= 0.3 is 0 Å². The summed E-state index contributed by atoms with van der Waals surface area (Å²) in [5.74, 6) is 1.53. The molecule has 0 bridgehead atoms. The van der Waals surface area contributed by atoms with Crippen molar-refractivity contribution in [3.8, 4) is 0 Å². The minimum atomic E-state index is -2.89. The van der Waals surface area contributed by atoms with Gasteiger partial charge in [-0.3, -0.25) is 0 Å². The molecule has 1 saturated heterocycles. The summed E-state index contributed by atoms with van der Waals surface area (Å²) in [5, 5.41) is 6.09. The van der Waals surface area contributed by atoms with E-state index in [4.69, 9.17) is 0 Å². The van der Waals surface area contributed by atoms with Crippen molar-refractivity contribution in [2.45, 2.75) is 12.5 Å². The summed E-state index contributed by atoms with van der Waals surface area (Å²) in [5.41, 5.74) is 0. The maximum Gasteiger partial charge on any atom is 0.224 e. The van der Waals surface area contributed by atoms with Gasteiger partial charge in [0, 0.05) is 18.8 Å². The van der Waals surface area contributed by atoms with E-state index in [2.05, 4.69) is 27.2 Å². The van der Waals surface area contributed by atoms with Crippen molar-refractivity contribution in [3.05, 3.63) is 24.9 Å². The number of hydrogen-bond acceptors (Lipinski definition) is 6. The third kappa shape index (κ3) is 3.43. The van der Waals surface area contributed by atoms with Crippen LogP contribution >= 0.6 is 0 Å². The molecular weight excluding hydrogens is 252 g/mol. The molecule has 1 aliphatic heterocycles. The van der Waals surface area contributed by atoms with Crippen LogP contribution in [0.4, 0.5) is 11.8 Å². The van der Waals surface area contributed by atoms with Gasteiger partial charge in [-0.2, -0.15) is 4.98 Å². The van der Waals surface area contributed by atoms with Crippen molar-refractivity contribution in [3.63, 3.8) is 0 Å². The molecule has 1 aliphatic rings. The summed E-state index contributed by atoms with van der Waals surface area (Å²) in [6.45, 7) is 4.23. The molecule has 0 aliphatic carbocycles. The Labute approximate surface area is 106 Å². The second-order valence-corrected chi connectivity index (χ2v) is 6.41. The first-order valence-electron chi connectivity index (χ1n) is 5.74. The zero-order chi connectivity index (χ0) is 13.0. The lowest BCUT2D eigenvalue weighted by Gasteiger charge is -2.11. The van der Waals surface area contributed by atoms with Crippen LogP contribution in [-0.4, -0.2) is 42.5 Å². The van der Waals surface area contributed by atoms with E-state index in [0.29, 0.717) is 24.7 Å². The second kappa shape index (κ2) is 5.34. The van der Waals surface area contributed by atoms with Gasteiger partial charge in [0.05, 0.1) is 11.5 Å². The molecule has 6 nitrogen and oxygen atoms in total. The predicted molar refractivity (Wildman–Crippen MR) is 71.4 cm³/mol. The van der Waals surface area contributed by atoms with Crippen molar-refractivity contribution >= 4 is 21.6 Å². The normalized spacial score (nSPS) is 21.4. The summed E-state index contributed by atoms with van der Waals surface area (Å²) in [6, 6.07) is 1.66. The number of nitrogens with one attached hydrogen (secondary N) is 2. The van der Waals surface area contributed by atoms with Crippen LogP contribution in [0.15, 0.2) is 24.9 Å². The topological polar surface area (TPSA) is 84.0 Å². The quantitative estimate of drug-likeness (QED) is 0.764. The zero-order valence-corrected chi connectivity index (χ0v) is 10.8. The van der Waals surface area contributed by atoms with Gasteiger partial charge in [0.2, 0.25) is 5.95 Å². The van der Waals surface area contributed by atoms with Crippen molar-refractivity contribution in [1.82, 2.24) is 9.97 Å². The van der Waals surface area contributed by atoms with Gasteiger partial charge in [-0.05, 0) is 12.5 Å². The number of sulfone groups is 1. The Kier molecular flexibility index (Phi) is 3.81. The molecule has 18 heavy (non-hydrogen) atoms. The minimum absolute atomic E-state index is 0.0929. The molecule has 0 spiro atoms. The van der Waals surface area contributed by atoms with Crippen LogP contribution in [0.5, 0.6) is 0 Å². The fourth-order valence-electron chi connectivity index (χ4n) is 1.79. The van der Waals surface area contributed by atoms with E-state index in [1.54, 1.807) is 18.3 Å². The summed E-state index contributed by atoms with van der Waals surface area (Å²) < 4.78 is 22.7. The third-order valence-electron chi connectivity index (χ3n) is 2.65. The fraction of sp³-hybridized carbons (Fsp3) is 0.455. The molecule has 0 aromatic carbocycles. The second-order valence-electron chi connectivity index (χ2n) is 4.18. The highest BCUT2D eigenvalue weighted by Crippen LogP contribution is 2.15. The molecule has 1 unspecified atom stereocenters. The Morgan fingerprint density at radius 1 is 1.56 bits per heavy atom. The van der Waals surface area contributed by atoms with Crippen LogP contribution in [0.1, 0.15) is 6.42 Å². The van der Waals surface area contributed by atoms with Gasteiger partial charge in [-0.25, -0.2) is 13.4 Å². The lowest BCUT2D eigenvalue weighted by molar-refractivity contribution is 0.602. The van der Waals surface area contributed by atoms with E-state index < -0.39 is 9.84 Å². The minimum Gasteiger partial charge on any atom is -0.366 e. The number of rotatable bonds is 5. The van der Waals surface area contributed by atoms with Gasteiger partial charge in [0.15, 0.2) is 9.84 Å². The average Bonchev–Trinajstić information content (AvgIpc) is 2.66. The summed E-state index contributed by atoms with van der Waals surface area (Å²) >= 11 is 0. The summed E-state index contributed by atoms with van der Waals surface area (Å²) in [6.07, 6.45) is 3.97. The van der Waals surface area contributed by atoms with E-state index in [1.165, 1.54) is 0 Å². The first kappa shape index (κ1) is 12.8. The highest BCUT2D eigenvalue weighted by atomic mass is 32.2. The van der Waals surface area contributed by atoms with Gasteiger partial charge in [-0.15, -0.1) is 6.58 Å². The average molecular weight is 268 g/mol. The molecule has 2 rings (SSSR count). The summed E-state index contributed by atoms with van der Waals surface area (Å²) in [4.78, 5) is 8.32. The smallest absolute Gasteiger partial charge is 0.224 e. The molecule has 0 radical (unpaired) electrons. The molecule has 1 atom stereocenters. The van der Waals surface area contributed by atoms with Gasteiger partial charge < -0.3 is 10.6 Å². The van der Waals surface area contributed by atoms with Crippen LogP contribution in [0, 0.1) is 0 Å². The maximum absolute atomic E-state index is 11.3. The number of hydrogen-bond donors (Lipinski definition) is 2. The molecule has 0 saturated carbocycles. The SMILES string of the molecule is C=CCNc1ccnc(NC2CCS(=O)(=O)C2)n1. The Morgan fingerprint density at radius 2 is 2.39 bits per heavy atom. The van der Waals surface area contributed by atoms with Crippen molar-refractivity contribution < 1.29 is 8.42 Å². The predicted octanol–water partition coefficient (Wildman–Crippen LogP) is 0.673. The van der Waals surface area contributed by atoms with Gasteiger partial charge in [-0.1, -0.05) is 6.08 Å². The first-order valence-corrected chi connectivity index (χ1v) is 7.56. The Bertz CT molecular complexity index is 530. The largest absolute Gasteiger partial charge is 0.366 e. The number of nitrogens with zero attached hydrogens (tertiary/aromatic N) is 2. The van der Waals surface area contributed by atoms with E-state index in [-0.39, 0.29) is 17.5 Å². The highest BCUT2D eigenvalue weighted by molar-refractivity contribution is 7.91. The van der Waals surface area contributed by atoms with Gasteiger partial charge in [0.1, 0.15) is 5.82 Å². The molecule has 7 heteroatoms. The van der Waals surface area contributed by atoms with E-state index in [0.717, 1.165) is 0 Å². The Morgan fingerprint density at radius 3 is 3.06 bits per heavy atom. The lowest BCUT2D eigenvalue weighted by atomic mass is 10.3. The molecule has 1 aromatic rings. The molecule has 2 heterocycles. The lowest BCUT2D eigenvalue weighted by Crippen LogP contribution is -2.22. The third-order valence-corrected chi connectivity index (χ3v) is 4.42. The zero-order valence-electron chi connectivity index (χ0n) is 9.96. The van der Waals surface area contributed by atoms with Crippen molar-refractivity contribution in [2.75, 3.05) is 28.7 Å². The Balaban J connectivity index is 1.99. The highest BCUT2D eigenvalue weighted by Gasteiger charge is 2.28. The Hall–Kier alpha value is -1.63. The van der Waals surface area contributed by atoms with Crippen molar-refractivity contribution in [1.29, 1.82) is 0 Å². The summed E-state index contributed by atoms with van der Waals surface area (Å²) in [7, 11) is -2.89. The maximum atomic E-state index is 11.3. The molecular formula is C11H16N4O2S. The van der Waals surface area contributed by atoms with Crippen LogP contribution < -0.4 is 10.6 Å². The van der Waals surface area contributed by atoms with Gasteiger partial charge in [0.25, 0.3) is 0 Å². The van der Waals surface area contributed by atoms with Crippen LogP contribution in [0.25, 0.3) is 0 Å². The van der Waals surface area contributed by atoms with Crippen LogP contribution in [0.3, 0.4) is 0 Å². The molecule has 2 N–H and O–H groups in total. The molecule has 0 amide bonds. The van der Waals surface area contributed by atoms with E-state index in [9.17, 15) is 8.42 Å². The van der Waals surface area contributed by atoms with Crippen molar-refractivity contribution in [2.24, 2.45) is 0 Å². The van der Waals surface area contributed by atoms with E-state index >= 15 is 0 Å². The fourth-order valence-corrected chi connectivity index (χ4v) is 3.47. The molecule has 98 valence electrons. The first-order chi connectivity index (χ1) is 8.59. The molecule has 1 aromatic heterocycles. The van der Waals surface area contributed by atoms with Crippen LogP contribution in [-0.2, 0) is 9.84 Å². The number of anilines is 2. The standard InChI is InChI=1S/C11H16N4O2S/c1-2-5-12-10-3-6-13-11(15-10)14-9-4-7-18(16,17)8-9/h2-3,6,9H,1,4-5,7-8H2,(H2,12,13,14,15). The van der Waals surface area contributed by atoms with E-state index in [1.807, 2.05) is 0 Å². The molecule has 1 fully saturated rings. The number of aromatic nitrogens is 2.